The lowest BCUT2D eigenvalue weighted by Crippen LogP contribution is -2.14. The summed E-state index contributed by atoms with van der Waals surface area (Å²) in [6.45, 7) is 0. The lowest BCUT2D eigenvalue weighted by Gasteiger charge is -2.12. The second-order valence-corrected chi connectivity index (χ2v) is 5.34. The third kappa shape index (κ3) is 4.46. The smallest absolute Gasteiger partial charge is 0.322 e. The first-order chi connectivity index (χ1) is 10.4. The molecule has 22 heavy (non-hydrogen) atoms. The van der Waals surface area contributed by atoms with Crippen LogP contribution in [0, 0.1) is 0 Å². The van der Waals surface area contributed by atoms with Gasteiger partial charge in [-0.1, -0.05) is 40.2 Å². The molecular weight excluding hydrogens is 359 g/mol. The minimum atomic E-state index is -4.52. The molecule has 0 fully saturated rings. The first-order valence-electron chi connectivity index (χ1n) is 6.27. The molecule has 0 saturated heterocycles. The average Bonchev–Trinajstić information content (AvgIpc) is 2.45. The zero-order valence-electron chi connectivity index (χ0n) is 11.2. The van der Waals surface area contributed by atoms with Gasteiger partial charge in [-0.25, -0.2) is 0 Å². The summed E-state index contributed by atoms with van der Waals surface area (Å²) in [6, 6.07) is 12.0. The number of halogens is 4. The van der Waals surface area contributed by atoms with Crippen molar-refractivity contribution in [2.24, 2.45) is 0 Å². The highest BCUT2D eigenvalue weighted by Gasteiger charge is 2.33. The molecule has 0 heterocycles. The minimum absolute atomic E-state index is 0.265. The summed E-state index contributed by atoms with van der Waals surface area (Å²) in [6.07, 6.45) is -1.80. The summed E-state index contributed by atoms with van der Waals surface area (Å²) in [7, 11) is 0. The Morgan fingerprint density at radius 1 is 1.09 bits per heavy atom. The second kappa shape index (κ2) is 6.79. The van der Waals surface area contributed by atoms with Crippen molar-refractivity contribution in [1.82, 2.24) is 0 Å². The van der Waals surface area contributed by atoms with Crippen LogP contribution < -0.4 is 5.32 Å². The first-order valence-corrected chi connectivity index (χ1v) is 7.06. The van der Waals surface area contributed by atoms with E-state index in [2.05, 4.69) is 21.2 Å². The van der Waals surface area contributed by atoms with Crippen molar-refractivity contribution in [3.05, 3.63) is 70.2 Å². The van der Waals surface area contributed by atoms with E-state index in [0.29, 0.717) is 0 Å². The Morgan fingerprint density at radius 3 is 2.50 bits per heavy atom. The van der Waals surface area contributed by atoms with Gasteiger partial charge < -0.3 is 5.32 Å². The van der Waals surface area contributed by atoms with Crippen LogP contribution in [0.25, 0.3) is 6.08 Å². The molecule has 1 N–H and O–H groups in total. The number of para-hydroxylation sites is 1. The standard InChI is InChI=1S/C16H11BrF3NO/c17-12-5-3-4-11(10-12)8-9-15(22)21-14-7-2-1-6-13(14)16(18,19)20/h1-10H,(H,21,22). The van der Waals surface area contributed by atoms with Gasteiger partial charge in [0.1, 0.15) is 0 Å². The van der Waals surface area contributed by atoms with E-state index in [1.165, 1.54) is 30.4 Å². The molecule has 0 bridgehead atoms. The molecule has 1 amide bonds. The summed E-state index contributed by atoms with van der Waals surface area (Å²) in [4.78, 5) is 11.8. The molecular formula is C16H11BrF3NO. The first kappa shape index (κ1) is 16.3. The molecule has 0 aliphatic carbocycles. The molecule has 2 nitrogen and oxygen atoms in total. The lowest BCUT2D eigenvalue weighted by atomic mass is 10.1. The van der Waals surface area contributed by atoms with E-state index in [1.807, 2.05) is 6.07 Å². The largest absolute Gasteiger partial charge is 0.418 e. The average molecular weight is 370 g/mol. The predicted octanol–water partition coefficient (Wildman–Crippen LogP) is 5.12. The summed E-state index contributed by atoms with van der Waals surface area (Å²) in [5.74, 6) is -0.628. The van der Waals surface area contributed by atoms with Crippen LogP contribution in [0.2, 0.25) is 0 Å². The number of hydrogen-bond acceptors (Lipinski definition) is 1. The molecule has 114 valence electrons. The molecule has 0 aromatic heterocycles. The summed E-state index contributed by atoms with van der Waals surface area (Å²) in [5, 5.41) is 2.24. The molecule has 2 rings (SSSR count). The van der Waals surface area contributed by atoms with Crippen molar-refractivity contribution >= 4 is 33.6 Å². The quantitative estimate of drug-likeness (QED) is 0.747. The van der Waals surface area contributed by atoms with Gasteiger partial charge in [-0.15, -0.1) is 0 Å². The van der Waals surface area contributed by atoms with Gasteiger partial charge in [0.15, 0.2) is 0 Å². The van der Waals surface area contributed by atoms with E-state index in [4.69, 9.17) is 0 Å². The molecule has 0 atom stereocenters. The molecule has 0 unspecified atom stereocenters. The normalized spacial score (nSPS) is 11.6. The molecule has 6 heteroatoms. The van der Waals surface area contributed by atoms with E-state index < -0.39 is 17.6 Å². The van der Waals surface area contributed by atoms with Crippen molar-refractivity contribution < 1.29 is 18.0 Å². The van der Waals surface area contributed by atoms with Gasteiger partial charge in [-0.2, -0.15) is 13.2 Å². The zero-order chi connectivity index (χ0) is 16.2. The van der Waals surface area contributed by atoms with Gasteiger partial charge in [0, 0.05) is 10.5 Å². The lowest BCUT2D eigenvalue weighted by molar-refractivity contribution is -0.136. The topological polar surface area (TPSA) is 29.1 Å². The Labute approximate surface area is 133 Å². The Bertz CT molecular complexity index is 711. The van der Waals surface area contributed by atoms with E-state index in [-0.39, 0.29) is 5.69 Å². The van der Waals surface area contributed by atoms with Crippen molar-refractivity contribution in [3.63, 3.8) is 0 Å². The fourth-order valence-corrected chi connectivity index (χ4v) is 2.21. The highest BCUT2D eigenvalue weighted by atomic mass is 79.9. The number of nitrogens with one attached hydrogen (secondary N) is 1. The number of alkyl halides is 3. The highest BCUT2D eigenvalue weighted by molar-refractivity contribution is 9.10. The fourth-order valence-electron chi connectivity index (χ4n) is 1.80. The molecule has 2 aromatic carbocycles. The van der Waals surface area contributed by atoms with Crippen LogP contribution in [0.1, 0.15) is 11.1 Å². The van der Waals surface area contributed by atoms with Gasteiger partial charge >= 0.3 is 6.18 Å². The number of carbonyl (C=O) groups excluding carboxylic acids is 1. The minimum Gasteiger partial charge on any atom is -0.322 e. The Balaban J connectivity index is 2.13. The van der Waals surface area contributed by atoms with Crippen molar-refractivity contribution in [2.75, 3.05) is 5.32 Å². The third-order valence-corrected chi connectivity index (χ3v) is 3.26. The molecule has 0 radical (unpaired) electrons. The molecule has 0 spiro atoms. The van der Waals surface area contributed by atoms with Gasteiger partial charge in [0.25, 0.3) is 0 Å². The number of rotatable bonds is 3. The monoisotopic (exact) mass is 369 g/mol. The maximum Gasteiger partial charge on any atom is 0.418 e. The van der Waals surface area contributed by atoms with E-state index in [1.54, 1.807) is 18.2 Å². The number of hydrogen-bond donors (Lipinski definition) is 1. The summed E-state index contributed by atoms with van der Waals surface area (Å²) < 4.78 is 39.3. The number of benzene rings is 2. The molecule has 0 aliphatic heterocycles. The molecule has 0 aliphatic rings. The van der Waals surface area contributed by atoms with Crippen LogP contribution in [-0.4, -0.2) is 5.91 Å². The summed E-state index contributed by atoms with van der Waals surface area (Å²) in [5.41, 5.74) is -0.383. The Kier molecular flexibility index (Phi) is 5.03. The van der Waals surface area contributed by atoms with Gasteiger partial charge in [0.05, 0.1) is 11.3 Å². The van der Waals surface area contributed by atoms with Gasteiger partial charge in [-0.05, 0) is 35.9 Å². The zero-order valence-corrected chi connectivity index (χ0v) is 12.8. The van der Waals surface area contributed by atoms with Crippen molar-refractivity contribution in [3.8, 4) is 0 Å². The van der Waals surface area contributed by atoms with Crippen molar-refractivity contribution in [2.45, 2.75) is 6.18 Å². The fraction of sp³-hybridized carbons (Fsp3) is 0.0625. The maximum atomic E-state index is 12.8. The van der Waals surface area contributed by atoms with Crippen LogP contribution >= 0.6 is 15.9 Å². The van der Waals surface area contributed by atoms with Crippen LogP contribution in [-0.2, 0) is 11.0 Å². The van der Waals surface area contributed by atoms with Crippen LogP contribution in [0.4, 0.5) is 18.9 Å². The third-order valence-electron chi connectivity index (χ3n) is 2.77. The van der Waals surface area contributed by atoms with Gasteiger partial charge in [-0.3, -0.25) is 4.79 Å². The SMILES string of the molecule is O=C(C=Cc1cccc(Br)c1)Nc1ccccc1C(F)(F)F. The van der Waals surface area contributed by atoms with E-state index >= 15 is 0 Å². The Hall–Kier alpha value is -2.08. The van der Waals surface area contributed by atoms with Crippen molar-refractivity contribution in [1.29, 1.82) is 0 Å². The van der Waals surface area contributed by atoms with Crippen LogP contribution in [0.5, 0.6) is 0 Å². The van der Waals surface area contributed by atoms with Crippen LogP contribution in [0.15, 0.2) is 59.1 Å². The van der Waals surface area contributed by atoms with Gasteiger partial charge in [0.2, 0.25) is 5.91 Å². The van der Waals surface area contributed by atoms with E-state index in [9.17, 15) is 18.0 Å². The summed E-state index contributed by atoms with van der Waals surface area (Å²) >= 11 is 3.29. The number of carbonyl (C=O) groups is 1. The van der Waals surface area contributed by atoms with E-state index in [0.717, 1.165) is 16.1 Å². The molecule has 0 saturated carbocycles. The number of amides is 1. The number of anilines is 1. The second-order valence-electron chi connectivity index (χ2n) is 4.42. The predicted molar refractivity (Wildman–Crippen MR) is 83.2 cm³/mol. The highest BCUT2D eigenvalue weighted by Crippen LogP contribution is 2.34. The Morgan fingerprint density at radius 2 is 1.82 bits per heavy atom. The maximum absolute atomic E-state index is 12.8. The van der Waals surface area contributed by atoms with Crippen LogP contribution in [0.3, 0.4) is 0 Å². The molecule has 2 aromatic rings.